The van der Waals surface area contributed by atoms with Gasteiger partial charge in [0.2, 0.25) is 5.88 Å². The first-order valence-corrected chi connectivity index (χ1v) is 6.59. The molecule has 1 heterocycles. The second-order valence-electron chi connectivity index (χ2n) is 3.78. The van der Waals surface area contributed by atoms with E-state index in [0.717, 1.165) is 6.07 Å². The van der Waals surface area contributed by atoms with Crippen LogP contribution in [0.1, 0.15) is 11.1 Å². The zero-order valence-electron chi connectivity index (χ0n) is 10.1. The van der Waals surface area contributed by atoms with Crippen LogP contribution >= 0.6 is 34.6 Å². The molecule has 0 unspecified atom stereocenters. The summed E-state index contributed by atoms with van der Waals surface area (Å²) in [6.45, 7) is 1.73. The minimum atomic E-state index is -0.635. The van der Waals surface area contributed by atoms with Crippen molar-refractivity contribution < 1.29 is 7.46 Å². The predicted molar refractivity (Wildman–Crippen MR) is 80.8 cm³/mol. The molecule has 8 heteroatoms. The quantitative estimate of drug-likeness (QED) is 0.785. The summed E-state index contributed by atoms with van der Waals surface area (Å²) in [6.07, 6.45) is 1.29. The lowest BCUT2D eigenvalue weighted by Gasteiger charge is -2.12. The van der Waals surface area contributed by atoms with E-state index in [9.17, 15) is 4.39 Å². The first-order chi connectivity index (χ1) is 9.56. The number of rotatable bonds is 3. The van der Waals surface area contributed by atoms with E-state index in [0.29, 0.717) is 17.3 Å². The van der Waals surface area contributed by atoms with Gasteiger partial charge in [0.05, 0.1) is 27.9 Å². The van der Waals surface area contributed by atoms with Gasteiger partial charge in [-0.3, -0.25) is 0 Å². The van der Waals surface area contributed by atoms with Crippen LogP contribution in [0.2, 0.25) is 5.02 Å². The summed E-state index contributed by atoms with van der Waals surface area (Å²) >= 11 is 7.65. The molecule has 0 fully saturated rings. The second kappa shape index (κ2) is 6.19. The molecule has 0 amide bonds. The fraction of sp³-hybridized carbons (Fsp3) is 0.0833. The van der Waals surface area contributed by atoms with Gasteiger partial charge in [-0.25, -0.2) is 14.4 Å². The SMILES string of the molecule is Cc1c(Nc2c(F)cc(C#N)cc2Cl)ncnc1OI. The first kappa shape index (κ1) is 14.7. The Hall–Kier alpha value is -1.66. The molecule has 0 saturated carbocycles. The monoisotopic (exact) mass is 404 g/mol. The third-order valence-electron chi connectivity index (χ3n) is 2.53. The Morgan fingerprint density at radius 3 is 2.80 bits per heavy atom. The molecule has 0 saturated heterocycles. The van der Waals surface area contributed by atoms with E-state index in [4.69, 9.17) is 19.9 Å². The van der Waals surface area contributed by atoms with E-state index in [2.05, 4.69) is 15.3 Å². The number of aromatic nitrogens is 2. The van der Waals surface area contributed by atoms with Crippen molar-refractivity contribution >= 4 is 46.1 Å². The smallest absolute Gasteiger partial charge is 0.232 e. The molecule has 0 aliphatic carbocycles. The summed E-state index contributed by atoms with van der Waals surface area (Å²) in [5.41, 5.74) is 0.808. The van der Waals surface area contributed by atoms with E-state index in [1.165, 1.54) is 12.4 Å². The Morgan fingerprint density at radius 2 is 2.20 bits per heavy atom. The van der Waals surface area contributed by atoms with Gasteiger partial charge in [0, 0.05) is 0 Å². The van der Waals surface area contributed by atoms with Crippen LogP contribution in [0.25, 0.3) is 0 Å². The lowest BCUT2D eigenvalue weighted by Crippen LogP contribution is -2.02. The Labute approximate surface area is 133 Å². The third kappa shape index (κ3) is 2.91. The molecule has 0 radical (unpaired) electrons. The topological polar surface area (TPSA) is 70.8 Å². The normalized spacial score (nSPS) is 9.95. The van der Waals surface area contributed by atoms with Crippen molar-refractivity contribution in [2.75, 3.05) is 5.32 Å². The van der Waals surface area contributed by atoms with E-state index >= 15 is 0 Å². The first-order valence-electron chi connectivity index (χ1n) is 5.33. The molecule has 2 rings (SSSR count). The predicted octanol–water partition coefficient (Wildman–Crippen LogP) is 3.92. The lowest BCUT2D eigenvalue weighted by molar-refractivity contribution is 0.631. The number of benzene rings is 1. The lowest BCUT2D eigenvalue weighted by atomic mass is 10.2. The number of hydrogen-bond donors (Lipinski definition) is 1. The van der Waals surface area contributed by atoms with Crippen LogP contribution < -0.4 is 8.38 Å². The fourth-order valence-electron chi connectivity index (χ4n) is 1.51. The molecule has 0 atom stereocenters. The zero-order valence-corrected chi connectivity index (χ0v) is 13.0. The van der Waals surface area contributed by atoms with Crippen LogP contribution in [0.5, 0.6) is 5.88 Å². The van der Waals surface area contributed by atoms with Crippen molar-refractivity contribution in [1.29, 1.82) is 5.26 Å². The van der Waals surface area contributed by atoms with E-state index in [-0.39, 0.29) is 16.3 Å². The summed E-state index contributed by atoms with van der Waals surface area (Å²) in [5.74, 6) is 0.106. The largest absolute Gasteiger partial charge is 0.408 e. The average Bonchev–Trinajstić information content (AvgIpc) is 2.44. The molecule has 102 valence electrons. The van der Waals surface area contributed by atoms with Crippen molar-refractivity contribution in [1.82, 2.24) is 9.97 Å². The van der Waals surface area contributed by atoms with Gasteiger partial charge >= 0.3 is 0 Å². The number of hydrogen-bond acceptors (Lipinski definition) is 5. The number of nitrogens with zero attached hydrogens (tertiary/aromatic N) is 3. The fourth-order valence-corrected chi connectivity index (χ4v) is 2.21. The molecule has 0 bridgehead atoms. The summed E-state index contributed by atoms with van der Waals surface area (Å²) in [5, 5.41) is 11.6. The maximum Gasteiger partial charge on any atom is 0.232 e. The van der Waals surface area contributed by atoms with Crippen LogP contribution in [-0.2, 0) is 0 Å². The molecule has 2 aromatic rings. The van der Waals surface area contributed by atoms with Gasteiger partial charge in [-0.1, -0.05) is 11.6 Å². The van der Waals surface area contributed by atoms with E-state index in [1.54, 1.807) is 29.9 Å². The van der Waals surface area contributed by atoms with Crippen molar-refractivity contribution in [2.45, 2.75) is 6.92 Å². The standard InChI is InChI=1S/C12H7ClFIN4O/c1-6-11(17-5-18-12(6)20-15)19-10-8(13)2-7(4-16)3-9(10)14/h2-3,5H,1H3,(H,17,18,19). The van der Waals surface area contributed by atoms with Gasteiger partial charge in [0.15, 0.2) is 23.0 Å². The summed E-state index contributed by atoms with van der Waals surface area (Å²) in [7, 11) is 0. The second-order valence-corrected chi connectivity index (χ2v) is 4.63. The van der Waals surface area contributed by atoms with Crippen LogP contribution in [0, 0.1) is 24.1 Å². The highest BCUT2D eigenvalue weighted by molar-refractivity contribution is 14.1. The number of nitrogens with one attached hydrogen (secondary N) is 1. The number of halogens is 3. The van der Waals surface area contributed by atoms with Gasteiger partial charge < -0.3 is 8.38 Å². The Balaban J connectivity index is 2.43. The molecule has 0 spiro atoms. The molecule has 1 aromatic carbocycles. The average molecular weight is 405 g/mol. The van der Waals surface area contributed by atoms with Crippen molar-refractivity contribution in [3.8, 4) is 11.9 Å². The van der Waals surface area contributed by atoms with E-state index < -0.39 is 5.82 Å². The molecular weight excluding hydrogens is 398 g/mol. The molecule has 0 aliphatic rings. The van der Waals surface area contributed by atoms with Crippen molar-refractivity contribution in [3.05, 3.63) is 40.4 Å². The Morgan fingerprint density at radius 1 is 1.45 bits per heavy atom. The Bertz CT molecular complexity index is 681. The molecule has 1 N–H and O–H groups in total. The van der Waals surface area contributed by atoms with Crippen molar-refractivity contribution in [3.63, 3.8) is 0 Å². The third-order valence-corrected chi connectivity index (χ3v) is 3.24. The van der Waals surface area contributed by atoms with Gasteiger partial charge in [-0.2, -0.15) is 5.26 Å². The number of nitriles is 1. The summed E-state index contributed by atoms with van der Waals surface area (Å²) in [6, 6.07) is 4.30. The highest BCUT2D eigenvalue weighted by Crippen LogP contribution is 2.31. The maximum absolute atomic E-state index is 13.9. The van der Waals surface area contributed by atoms with Crippen LogP contribution in [0.4, 0.5) is 15.9 Å². The van der Waals surface area contributed by atoms with Gasteiger partial charge in [0.1, 0.15) is 18.0 Å². The zero-order chi connectivity index (χ0) is 14.7. The number of anilines is 2. The molecule has 20 heavy (non-hydrogen) atoms. The summed E-state index contributed by atoms with van der Waals surface area (Å²) < 4.78 is 19.0. The minimum absolute atomic E-state index is 0.0480. The van der Waals surface area contributed by atoms with Gasteiger partial charge in [0.25, 0.3) is 0 Å². The molecule has 5 nitrogen and oxygen atoms in total. The van der Waals surface area contributed by atoms with Crippen LogP contribution in [0.15, 0.2) is 18.5 Å². The van der Waals surface area contributed by atoms with Crippen LogP contribution in [0.3, 0.4) is 0 Å². The molecular formula is C12H7ClFIN4O. The van der Waals surface area contributed by atoms with Gasteiger partial charge in [-0.15, -0.1) is 0 Å². The minimum Gasteiger partial charge on any atom is -0.408 e. The summed E-state index contributed by atoms with van der Waals surface area (Å²) in [4.78, 5) is 7.93. The maximum atomic E-state index is 13.9. The van der Waals surface area contributed by atoms with Crippen molar-refractivity contribution in [2.24, 2.45) is 0 Å². The molecule has 1 aromatic heterocycles. The van der Waals surface area contributed by atoms with Gasteiger partial charge in [-0.05, 0) is 19.1 Å². The Kier molecular flexibility index (Phi) is 4.57. The van der Waals surface area contributed by atoms with E-state index in [1.807, 2.05) is 6.07 Å². The highest BCUT2D eigenvalue weighted by Gasteiger charge is 2.14. The molecule has 0 aliphatic heterocycles. The highest BCUT2D eigenvalue weighted by atomic mass is 127. The van der Waals surface area contributed by atoms with Crippen LogP contribution in [-0.4, -0.2) is 9.97 Å².